The molecule has 0 radical (unpaired) electrons. The van der Waals surface area contributed by atoms with Crippen LogP contribution in [0, 0.1) is 6.92 Å². The van der Waals surface area contributed by atoms with E-state index in [1.165, 1.54) is 11.8 Å². The van der Waals surface area contributed by atoms with Crippen LogP contribution >= 0.6 is 23.4 Å². The minimum absolute atomic E-state index is 0.115. The number of furan rings is 1. The van der Waals surface area contributed by atoms with E-state index in [-0.39, 0.29) is 11.7 Å². The van der Waals surface area contributed by atoms with Crippen molar-refractivity contribution in [2.75, 3.05) is 11.1 Å². The lowest BCUT2D eigenvalue weighted by molar-refractivity contribution is -0.113. The van der Waals surface area contributed by atoms with Crippen molar-refractivity contribution in [2.45, 2.75) is 18.6 Å². The Hall–Kier alpha value is -3.03. The summed E-state index contributed by atoms with van der Waals surface area (Å²) in [6.45, 7) is 2.44. The first-order valence-electron chi connectivity index (χ1n) is 9.30. The van der Waals surface area contributed by atoms with Gasteiger partial charge in [0.2, 0.25) is 5.91 Å². The highest BCUT2D eigenvalue weighted by Crippen LogP contribution is 2.30. The lowest BCUT2D eigenvalue weighted by Gasteiger charge is -2.10. The lowest BCUT2D eigenvalue weighted by atomic mass is 10.2. The molecule has 2 aromatic heterocycles. The van der Waals surface area contributed by atoms with Crippen molar-refractivity contribution < 1.29 is 9.21 Å². The molecule has 0 aliphatic rings. The van der Waals surface area contributed by atoms with Gasteiger partial charge in [0.25, 0.3) is 0 Å². The number of nitrogens with zero attached hydrogens (tertiary/aromatic N) is 3. The average Bonchev–Trinajstić information content (AvgIpc) is 3.39. The fraction of sp³-hybridized carbons (Fsp3) is 0.136. The molecule has 0 saturated carbocycles. The summed E-state index contributed by atoms with van der Waals surface area (Å²) in [5, 5.41) is 12.7. The summed E-state index contributed by atoms with van der Waals surface area (Å²) in [6.07, 6.45) is 1.62. The maximum Gasteiger partial charge on any atom is 0.234 e. The van der Waals surface area contributed by atoms with Crippen LogP contribution in [0.25, 0.3) is 11.4 Å². The smallest absolute Gasteiger partial charge is 0.234 e. The second kappa shape index (κ2) is 9.19. The van der Waals surface area contributed by atoms with E-state index in [9.17, 15) is 4.79 Å². The Morgan fingerprint density at radius 2 is 1.90 bits per heavy atom. The zero-order chi connectivity index (χ0) is 20.9. The number of hydrogen-bond acceptors (Lipinski definition) is 5. The van der Waals surface area contributed by atoms with Crippen LogP contribution in [0.4, 0.5) is 5.69 Å². The lowest BCUT2D eigenvalue weighted by Crippen LogP contribution is -2.14. The molecule has 2 aromatic carbocycles. The molecule has 152 valence electrons. The Balaban J connectivity index is 1.54. The number of hydrogen-bond donors (Lipinski definition) is 1. The molecule has 4 aromatic rings. The number of anilines is 1. The molecule has 0 saturated heterocycles. The average molecular weight is 439 g/mol. The second-order valence-electron chi connectivity index (χ2n) is 6.65. The maximum atomic E-state index is 12.4. The molecule has 0 bridgehead atoms. The largest absolute Gasteiger partial charge is 0.467 e. The van der Waals surface area contributed by atoms with Crippen molar-refractivity contribution in [3.05, 3.63) is 83.3 Å². The monoisotopic (exact) mass is 438 g/mol. The van der Waals surface area contributed by atoms with Gasteiger partial charge in [0.05, 0.1) is 23.6 Å². The van der Waals surface area contributed by atoms with Gasteiger partial charge in [0, 0.05) is 11.3 Å². The van der Waals surface area contributed by atoms with Crippen molar-refractivity contribution in [3.8, 4) is 11.4 Å². The molecule has 4 rings (SSSR count). The number of aromatic nitrogens is 3. The van der Waals surface area contributed by atoms with E-state index in [1.54, 1.807) is 6.26 Å². The molecular formula is C22H19ClN4O2S. The quantitative estimate of drug-likeness (QED) is 0.397. The second-order valence-corrected chi connectivity index (χ2v) is 8.00. The molecule has 0 unspecified atom stereocenters. The van der Waals surface area contributed by atoms with Crippen LogP contribution in [-0.4, -0.2) is 26.4 Å². The summed E-state index contributed by atoms with van der Waals surface area (Å²) in [5.74, 6) is 1.47. The van der Waals surface area contributed by atoms with Crippen molar-refractivity contribution >= 4 is 35.0 Å². The molecule has 2 heterocycles. The third kappa shape index (κ3) is 4.75. The Morgan fingerprint density at radius 1 is 1.10 bits per heavy atom. The summed E-state index contributed by atoms with van der Waals surface area (Å²) < 4.78 is 7.41. The van der Waals surface area contributed by atoms with Gasteiger partial charge in [-0.05, 0) is 43.3 Å². The van der Waals surface area contributed by atoms with Gasteiger partial charge in [-0.2, -0.15) is 0 Å². The maximum absolute atomic E-state index is 12.4. The number of carbonyl (C=O) groups excluding carboxylic acids is 1. The SMILES string of the molecule is Cc1ccc(NC(=O)CSc2nnc(-c3ccccc3Cl)n2Cc2ccco2)cc1. The van der Waals surface area contributed by atoms with E-state index in [0.29, 0.717) is 22.5 Å². The Morgan fingerprint density at radius 3 is 2.63 bits per heavy atom. The summed E-state index contributed by atoms with van der Waals surface area (Å²) in [7, 11) is 0. The van der Waals surface area contributed by atoms with Crippen LogP contribution in [0.5, 0.6) is 0 Å². The Kier molecular flexibility index (Phi) is 6.21. The fourth-order valence-electron chi connectivity index (χ4n) is 2.90. The van der Waals surface area contributed by atoms with Gasteiger partial charge in [-0.1, -0.05) is 53.2 Å². The molecule has 6 nitrogen and oxygen atoms in total. The number of nitrogens with one attached hydrogen (secondary N) is 1. The number of halogens is 1. The zero-order valence-electron chi connectivity index (χ0n) is 16.2. The van der Waals surface area contributed by atoms with E-state index >= 15 is 0 Å². The first-order chi connectivity index (χ1) is 14.6. The first kappa shape index (κ1) is 20.3. The van der Waals surface area contributed by atoms with Gasteiger partial charge in [-0.15, -0.1) is 10.2 Å². The van der Waals surface area contributed by atoms with Gasteiger partial charge in [0.15, 0.2) is 11.0 Å². The van der Waals surface area contributed by atoms with E-state index in [1.807, 2.05) is 72.2 Å². The topological polar surface area (TPSA) is 73.0 Å². The van der Waals surface area contributed by atoms with Gasteiger partial charge >= 0.3 is 0 Å². The van der Waals surface area contributed by atoms with E-state index < -0.39 is 0 Å². The molecule has 0 aliphatic heterocycles. The first-order valence-corrected chi connectivity index (χ1v) is 10.7. The summed E-state index contributed by atoms with van der Waals surface area (Å²) in [6, 6.07) is 18.9. The van der Waals surface area contributed by atoms with Crippen molar-refractivity contribution in [1.29, 1.82) is 0 Å². The van der Waals surface area contributed by atoms with Crippen molar-refractivity contribution in [3.63, 3.8) is 0 Å². The molecule has 0 fully saturated rings. The summed E-state index contributed by atoms with van der Waals surface area (Å²) >= 11 is 7.69. The highest BCUT2D eigenvalue weighted by Gasteiger charge is 2.18. The van der Waals surface area contributed by atoms with Crippen LogP contribution in [0.3, 0.4) is 0 Å². The number of thioether (sulfide) groups is 1. The summed E-state index contributed by atoms with van der Waals surface area (Å²) in [5.41, 5.74) is 2.68. The van der Waals surface area contributed by atoms with Crippen LogP contribution in [0.15, 0.2) is 76.5 Å². The van der Waals surface area contributed by atoms with Gasteiger partial charge < -0.3 is 9.73 Å². The van der Waals surface area contributed by atoms with E-state index in [2.05, 4.69) is 15.5 Å². The summed E-state index contributed by atoms with van der Waals surface area (Å²) in [4.78, 5) is 12.4. The molecule has 30 heavy (non-hydrogen) atoms. The molecule has 0 atom stereocenters. The van der Waals surface area contributed by atoms with Crippen LogP contribution in [0.2, 0.25) is 5.02 Å². The van der Waals surface area contributed by atoms with Gasteiger partial charge in [-0.3, -0.25) is 9.36 Å². The van der Waals surface area contributed by atoms with Gasteiger partial charge in [-0.25, -0.2) is 0 Å². The number of aryl methyl sites for hydroxylation is 1. The van der Waals surface area contributed by atoms with Crippen LogP contribution in [-0.2, 0) is 11.3 Å². The van der Waals surface area contributed by atoms with Crippen molar-refractivity contribution in [1.82, 2.24) is 14.8 Å². The third-order valence-corrected chi connectivity index (χ3v) is 5.69. The predicted octanol–water partition coefficient (Wildman–Crippen LogP) is 5.28. The van der Waals surface area contributed by atoms with Crippen molar-refractivity contribution in [2.24, 2.45) is 0 Å². The van der Waals surface area contributed by atoms with Crippen LogP contribution < -0.4 is 5.32 Å². The minimum atomic E-state index is -0.115. The fourth-order valence-corrected chi connectivity index (χ4v) is 3.86. The molecule has 1 amide bonds. The number of rotatable bonds is 7. The molecule has 0 aliphatic carbocycles. The number of carbonyl (C=O) groups is 1. The zero-order valence-corrected chi connectivity index (χ0v) is 17.8. The Labute approximate surface area is 183 Å². The van der Waals surface area contributed by atoms with Gasteiger partial charge in [0.1, 0.15) is 5.76 Å². The normalized spacial score (nSPS) is 10.9. The molecule has 8 heteroatoms. The van der Waals surface area contributed by atoms with Crippen LogP contribution in [0.1, 0.15) is 11.3 Å². The number of benzene rings is 2. The Bertz CT molecular complexity index is 1140. The van der Waals surface area contributed by atoms with E-state index in [4.69, 9.17) is 16.0 Å². The highest BCUT2D eigenvalue weighted by molar-refractivity contribution is 7.99. The predicted molar refractivity (Wildman–Crippen MR) is 119 cm³/mol. The third-order valence-electron chi connectivity index (χ3n) is 4.39. The molecule has 1 N–H and O–H groups in total. The highest BCUT2D eigenvalue weighted by atomic mass is 35.5. The van der Waals surface area contributed by atoms with E-state index in [0.717, 1.165) is 22.6 Å². The molecule has 0 spiro atoms. The molecular weight excluding hydrogens is 420 g/mol. The number of amides is 1. The minimum Gasteiger partial charge on any atom is -0.467 e. The standard InChI is InChI=1S/C22H19ClN4O2S/c1-15-8-10-16(11-9-15)24-20(28)14-30-22-26-25-21(18-6-2-3-7-19(18)23)27(22)13-17-5-4-12-29-17/h2-12H,13-14H2,1H3,(H,24,28).